The zero-order valence-corrected chi connectivity index (χ0v) is 14.1. The third kappa shape index (κ3) is 3.61. The highest BCUT2D eigenvalue weighted by molar-refractivity contribution is 6.01. The minimum Gasteiger partial charge on any atom is -0.487 e. The quantitative estimate of drug-likeness (QED) is 0.462. The van der Waals surface area contributed by atoms with Gasteiger partial charge < -0.3 is 18.9 Å². The lowest BCUT2D eigenvalue weighted by Crippen LogP contribution is -2.08. The first-order valence-electron chi connectivity index (χ1n) is 8.02. The molecule has 126 valence electrons. The van der Waals surface area contributed by atoms with Gasteiger partial charge in [0.25, 0.3) is 0 Å². The third-order valence-electron chi connectivity index (χ3n) is 3.88. The van der Waals surface area contributed by atoms with Crippen LogP contribution in [0.15, 0.2) is 48.5 Å². The van der Waals surface area contributed by atoms with Gasteiger partial charge in [-0.2, -0.15) is 0 Å². The molecule has 4 heteroatoms. The smallest absolute Gasteiger partial charge is 0.169 e. The van der Waals surface area contributed by atoms with E-state index in [1.807, 2.05) is 18.2 Å². The molecule has 0 spiro atoms. The average Bonchev–Trinajstić information content (AvgIpc) is 2.61. The zero-order chi connectivity index (χ0) is 16.8. The number of benzene rings is 3. The summed E-state index contributed by atoms with van der Waals surface area (Å²) in [5.41, 5.74) is 0. The van der Waals surface area contributed by atoms with Gasteiger partial charge in [0.1, 0.15) is 13.2 Å². The Kier molecular flexibility index (Phi) is 5.51. The highest BCUT2D eigenvalue weighted by Gasteiger charge is 2.12. The maximum absolute atomic E-state index is 5.98. The van der Waals surface area contributed by atoms with Gasteiger partial charge in [0.15, 0.2) is 11.5 Å². The number of ether oxygens (including phenoxy) is 4. The molecule has 0 aliphatic heterocycles. The zero-order valence-electron chi connectivity index (χ0n) is 14.1. The Morgan fingerprint density at radius 1 is 0.667 bits per heavy atom. The number of methoxy groups -OCH3 is 2. The van der Waals surface area contributed by atoms with E-state index in [0.717, 1.165) is 22.3 Å². The van der Waals surface area contributed by atoms with E-state index >= 15 is 0 Å². The molecule has 0 aliphatic carbocycles. The Balaban J connectivity index is 2.05. The fraction of sp³-hybridized carbons (Fsp3) is 0.300. The van der Waals surface area contributed by atoms with E-state index < -0.39 is 0 Å². The first kappa shape index (κ1) is 16.6. The van der Waals surface area contributed by atoms with E-state index in [9.17, 15) is 0 Å². The van der Waals surface area contributed by atoms with Crippen molar-refractivity contribution in [3.05, 3.63) is 48.5 Å². The molecular formula is C20H22O4. The molecule has 0 saturated heterocycles. The molecule has 0 saturated carbocycles. The molecule has 0 aliphatic rings. The van der Waals surface area contributed by atoms with E-state index in [2.05, 4.69) is 30.3 Å². The molecule has 0 heterocycles. The molecule has 0 unspecified atom stereocenters. The van der Waals surface area contributed by atoms with E-state index in [1.54, 1.807) is 14.2 Å². The van der Waals surface area contributed by atoms with Gasteiger partial charge in [0, 0.05) is 19.6 Å². The predicted octanol–water partition coefficient (Wildman–Crippen LogP) is 4.04. The molecule has 3 aromatic carbocycles. The van der Waals surface area contributed by atoms with Gasteiger partial charge >= 0.3 is 0 Å². The molecule has 0 radical (unpaired) electrons. The van der Waals surface area contributed by atoms with Crippen LogP contribution in [0.5, 0.6) is 11.5 Å². The van der Waals surface area contributed by atoms with Gasteiger partial charge in [0.05, 0.1) is 13.2 Å². The molecule has 3 rings (SSSR count). The lowest BCUT2D eigenvalue weighted by molar-refractivity contribution is 0.133. The fourth-order valence-corrected chi connectivity index (χ4v) is 2.69. The number of hydrogen-bond acceptors (Lipinski definition) is 4. The lowest BCUT2D eigenvalue weighted by Gasteiger charge is -2.15. The molecule has 0 atom stereocenters. The lowest BCUT2D eigenvalue weighted by atomic mass is 10.0. The summed E-state index contributed by atoms with van der Waals surface area (Å²) >= 11 is 0. The fourth-order valence-electron chi connectivity index (χ4n) is 2.69. The Morgan fingerprint density at radius 3 is 2.04 bits per heavy atom. The first-order valence-corrected chi connectivity index (χ1v) is 8.02. The maximum Gasteiger partial charge on any atom is 0.169 e. The predicted molar refractivity (Wildman–Crippen MR) is 96.2 cm³/mol. The van der Waals surface area contributed by atoms with Crippen LogP contribution in [0.1, 0.15) is 0 Å². The summed E-state index contributed by atoms with van der Waals surface area (Å²) in [5.74, 6) is 1.48. The van der Waals surface area contributed by atoms with Gasteiger partial charge in [-0.05, 0) is 34.4 Å². The van der Waals surface area contributed by atoms with Crippen molar-refractivity contribution in [2.24, 2.45) is 0 Å². The summed E-state index contributed by atoms with van der Waals surface area (Å²) in [4.78, 5) is 0. The summed E-state index contributed by atoms with van der Waals surface area (Å²) in [6.07, 6.45) is 0. The van der Waals surface area contributed by atoms with Gasteiger partial charge in [0.2, 0.25) is 0 Å². The number of rotatable bonds is 8. The molecular weight excluding hydrogens is 304 g/mol. The second-order valence-corrected chi connectivity index (χ2v) is 5.50. The van der Waals surface area contributed by atoms with Crippen molar-refractivity contribution in [2.45, 2.75) is 0 Å². The normalized spacial score (nSPS) is 11.1. The highest BCUT2D eigenvalue weighted by atomic mass is 16.5. The van der Waals surface area contributed by atoms with Crippen molar-refractivity contribution in [3.8, 4) is 11.5 Å². The minimum absolute atomic E-state index is 0.475. The van der Waals surface area contributed by atoms with Crippen LogP contribution < -0.4 is 9.47 Å². The second-order valence-electron chi connectivity index (χ2n) is 5.50. The van der Waals surface area contributed by atoms with Crippen LogP contribution in [0.4, 0.5) is 0 Å². The Morgan fingerprint density at radius 2 is 1.33 bits per heavy atom. The molecule has 0 amide bonds. The summed E-state index contributed by atoms with van der Waals surface area (Å²) in [6.45, 7) is 2.02. The van der Waals surface area contributed by atoms with Crippen LogP contribution >= 0.6 is 0 Å². The van der Waals surface area contributed by atoms with Gasteiger partial charge in [-0.3, -0.25) is 0 Å². The van der Waals surface area contributed by atoms with Gasteiger partial charge in [-0.1, -0.05) is 30.3 Å². The Bertz CT molecular complexity index is 813. The van der Waals surface area contributed by atoms with Crippen LogP contribution in [0, 0.1) is 0 Å². The summed E-state index contributed by atoms with van der Waals surface area (Å²) in [7, 11) is 3.32. The molecule has 24 heavy (non-hydrogen) atoms. The Labute approximate surface area is 141 Å². The van der Waals surface area contributed by atoms with Crippen molar-refractivity contribution in [1.29, 1.82) is 0 Å². The summed E-state index contributed by atoms with van der Waals surface area (Å²) in [6, 6.07) is 16.6. The topological polar surface area (TPSA) is 36.9 Å². The van der Waals surface area contributed by atoms with Gasteiger partial charge in [-0.25, -0.2) is 0 Å². The average molecular weight is 326 g/mol. The van der Waals surface area contributed by atoms with Crippen LogP contribution in [-0.4, -0.2) is 40.6 Å². The summed E-state index contributed by atoms with van der Waals surface area (Å²) in [5, 5.41) is 4.55. The van der Waals surface area contributed by atoms with Crippen LogP contribution in [0.3, 0.4) is 0 Å². The number of hydrogen-bond donors (Lipinski definition) is 0. The second kappa shape index (κ2) is 7.99. The first-order chi connectivity index (χ1) is 11.8. The van der Waals surface area contributed by atoms with Crippen molar-refractivity contribution in [1.82, 2.24) is 0 Å². The van der Waals surface area contributed by atoms with Crippen molar-refractivity contribution < 1.29 is 18.9 Å². The molecule has 4 nitrogen and oxygen atoms in total. The highest BCUT2D eigenvalue weighted by Crippen LogP contribution is 2.37. The standard InChI is InChI=1S/C20H22O4/c1-21-9-11-23-19-8-7-17-13-15-5-3-4-6-16(15)14-18(17)20(19)24-12-10-22-2/h3-8,13-14H,9-12H2,1-2H3. The summed E-state index contributed by atoms with van der Waals surface area (Å²) < 4.78 is 22.0. The molecule has 0 bridgehead atoms. The molecule has 3 aromatic rings. The van der Waals surface area contributed by atoms with Crippen LogP contribution in [0.25, 0.3) is 21.5 Å². The van der Waals surface area contributed by atoms with Crippen molar-refractivity contribution in [2.75, 3.05) is 40.6 Å². The van der Waals surface area contributed by atoms with E-state index in [0.29, 0.717) is 26.4 Å². The van der Waals surface area contributed by atoms with Crippen LogP contribution in [0.2, 0.25) is 0 Å². The maximum atomic E-state index is 5.98. The third-order valence-corrected chi connectivity index (χ3v) is 3.88. The van der Waals surface area contributed by atoms with Gasteiger partial charge in [-0.15, -0.1) is 0 Å². The Hall–Kier alpha value is -2.30. The van der Waals surface area contributed by atoms with Crippen LogP contribution in [-0.2, 0) is 9.47 Å². The van der Waals surface area contributed by atoms with E-state index in [1.165, 1.54) is 10.8 Å². The largest absolute Gasteiger partial charge is 0.487 e. The minimum atomic E-state index is 0.475. The van der Waals surface area contributed by atoms with E-state index in [4.69, 9.17) is 18.9 Å². The molecule has 0 aromatic heterocycles. The van der Waals surface area contributed by atoms with Crippen molar-refractivity contribution in [3.63, 3.8) is 0 Å². The number of fused-ring (bicyclic) bond motifs is 2. The SMILES string of the molecule is COCCOc1ccc2cc3ccccc3cc2c1OCCOC. The van der Waals surface area contributed by atoms with E-state index in [-0.39, 0.29) is 0 Å². The van der Waals surface area contributed by atoms with Crippen molar-refractivity contribution >= 4 is 21.5 Å². The monoisotopic (exact) mass is 326 g/mol. The molecule has 0 fully saturated rings. The molecule has 0 N–H and O–H groups in total.